The minimum atomic E-state index is -3.62. The van der Waals surface area contributed by atoms with Crippen molar-refractivity contribution in [3.63, 3.8) is 0 Å². The molecule has 0 aromatic heterocycles. The third-order valence-corrected chi connectivity index (χ3v) is 4.89. The van der Waals surface area contributed by atoms with E-state index in [0.29, 0.717) is 17.9 Å². The first-order chi connectivity index (χ1) is 9.84. The van der Waals surface area contributed by atoms with Crippen LogP contribution < -0.4 is 5.32 Å². The predicted molar refractivity (Wildman–Crippen MR) is 80.1 cm³/mol. The van der Waals surface area contributed by atoms with Crippen LogP contribution >= 0.6 is 0 Å². The van der Waals surface area contributed by atoms with E-state index in [2.05, 4.69) is 5.32 Å². The van der Waals surface area contributed by atoms with Gasteiger partial charge in [0.25, 0.3) is 5.69 Å². The van der Waals surface area contributed by atoms with Crippen molar-refractivity contribution >= 4 is 15.5 Å². The highest BCUT2D eigenvalue weighted by atomic mass is 32.2. The van der Waals surface area contributed by atoms with Gasteiger partial charge in [-0.1, -0.05) is 19.1 Å². The number of para-hydroxylation sites is 1. The van der Waals surface area contributed by atoms with Gasteiger partial charge in [0.05, 0.1) is 4.92 Å². The lowest BCUT2D eigenvalue weighted by molar-refractivity contribution is -0.388. The van der Waals surface area contributed by atoms with Gasteiger partial charge in [-0.2, -0.15) is 0 Å². The topological polar surface area (TPSA) is 89.3 Å². The Morgan fingerprint density at radius 3 is 2.57 bits per heavy atom. The van der Waals surface area contributed by atoms with Crippen LogP contribution in [0.25, 0.3) is 0 Å². The molecule has 0 heterocycles. The zero-order chi connectivity index (χ0) is 15.6. The average Bonchev–Trinajstić information content (AvgIpc) is 3.20. The Morgan fingerprint density at radius 1 is 1.43 bits per heavy atom. The average molecular weight is 312 g/mol. The molecule has 1 aromatic carbocycles. The molecule has 1 unspecified atom stereocenters. The Hall–Kier alpha value is -1.47. The molecule has 0 aliphatic heterocycles. The molecule has 6 nitrogen and oxygen atoms in total. The number of sulfone groups is 1. The van der Waals surface area contributed by atoms with Crippen LogP contribution in [0, 0.1) is 16.0 Å². The van der Waals surface area contributed by atoms with E-state index < -0.39 is 14.8 Å². The molecule has 116 valence electrons. The monoisotopic (exact) mass is 312 g/mol. The Morgan fingerprint density at radius 2 is 2.10 bits per heavy atom. The zero-order valence-corrected chi connectivity index (χ0v) is 13.0. The van der Waals surface area contributed by atoms with E-state index in [-0.39, 0.29) is 16.6 Å². The SMILES string of the molecule is CCNC(Cc1cccc(S(C)(=O)=O)c1[N+](=O)[O-])C1CC1. The van der Waals surface area contributed by atoms with E-state index in [0.717, 1.165) is 25.6 Å². The minimum Gasteiger partial charge on any atom is -0.314 e. The predicted octanol–water partition coefficient (Wildman–Crippen LogP) is 1.93. The molecule has 1 aliphatic rings. The molecule has 21 heavy (non-hydrogen) atoms. The summed E-state index contributed by atoms with van der Waals surface area (Å²) in [5, 5.41) is 14.7. The van der Waals surface area contributed by atoms with Crippen molar-refractivity contribution in [2.75, 3.05) is 12.8 Å². The molecule has 1 aliphatic carbocycles. The summed E-state index contributed by atoms with van der Waals surface area (Å²) in [4.78, 5) is 10.6. The molecule has 1 aromatic rings. The molecule has 2 rings (SSSR count). The normalized spacial score (nSPS) is 16.7. The molecule has 0 spiro atoms. The number of rotatable bonds is 7. The maximum atomic E-state index is 11.7. The molecule has 7 heteroatoms. The number of hydrogen-bond donors (Lipinski definition) is 1. The first kappa shape index (κ1) is 15.9. The van der Waals surface area contributed by atoms with Crippen LogP contribution in [0.2, 0.25) is 0 Å². The summed E-state index contributed by atoms with van der Waals surface area (Å²) in [5.74, 6) is 0.534. The summed E-state index contributed by atoms with van der Waals surface area (Å²) >= 11 is 0. The number of nitro benzene ring substituents is 1. The second-order valence-corrected chi connectivity index (χ2v) is 7.48. The summed E-state index contributed by atoms with van der Waals surface area (Å²) in [5.41, 5.74) is 0.212. The lowest BCUT2D eigenvalue weighted by Gasteiger charge is -2.17. The number of hydrogen-bond acceptors (Lipinski definition) is 5. The first-order valence-corrected chi connectivity index (χ1v) is 8.93. The quantitative estimate of drug-likeness (QED) is 0.614. The number of nitrogens with one attached hydrogen (secondary N) is 1. The van der Waals surface area contributed by atoms with Crippen LogP contribution in [0.4, 0.5) is 5.69 Å². The minimum absolute atomic E-state index is 0.170. The van der Waals surface area contributed by atoms with E-state index >= 15 is 0 Å². The van der Waals surface area contributed by atoms with Crippen LogP contribution in [0.1, 0.15) is 25.3 Å². The van der Waals surface area contributed by atoms with Gasteiger partial charge in [0.15, 0.2) is 9.84 Å². The lowest BCUT2D eigenvalue weighted by Crippen LogP contribution is -2.33. The lowest BCUT2D eigenvalue weighted by atomic mass is 10.0. The van der Waals surface area contributed by atoms with E-state index in [1.54, 1.807) is 12.1 Å². The molecule has 1 fully saturated rings. The van der Waals surface area contributed by atoms with Crippen LogP contribution in [0.3, 0.4) is 0 Å². The molecule has 1 saturated carbocycles. The van der Waals surface area contributed by atoms with Crippen molar-refractivity contribution in [2.24, 2.45) is 5.92 Å². The van der Waals surface area contributed by atoms with E-state index in [1.165, 1.54) is 6.07 Å². The van der Waals surface area contributed by atoms with Crippen molar-refractivity contribution < 1.29 is 13.3 Å². The van der Waals surface area contributed by atoms with Gasteiger partial charge in [-0.25, -0.2) is 8.42 Å². The number of likely N-dealkylation sites (N-methyl/N-ethyl adjacent to an activating group) is 1. The van der Waals surface area contributed by atoms with Crippen LogP contribution in [0.15, 0.2) is 23.1 Å². The summed E-state index contributed by atoms with van der Waals surface area (Å²) < 4.78 is 23.5. The van der Waals surface area contributed by atoms with E-state index in [4.69, 9.17) is 0 Å². The van der Waals surface area contributed by atoms with Gasteiger partial charge in [-0.15, -0.1) is 0 Å². The van der Waals surface area contributed by atoms with Gasteiger partial charge in [-0.3, -0.25) is 10.1 Å². The second kappa shape index (κ2) is 6.11. The fourth-order valence-corrected chi connectivity index (χ4v) is 3.52. The number of nitrogens with zero attached hydrogens (tertiary/aromatic N) is 1. The summed E-state index contributed by atoms with van der Waals surface area (Å²) in [6.45, 7) is 2.79. The summed E-state index contributed by atoms with van der Waals surface area (Å²) in [6.07, 6.45) is 3.73. The molecule has 1 atom stereocenters. The Bertz CT molecular complexity index is 638. The van der Waals surface area contributed by atoms with Crippen molar-refractivity contribution in [1.29, 1.82) is 0 Å². The van der Waals surface area contributed by atoms with Gasteiger partial charge in [0.2, 0.25) is 0 Å². The smallest absolute Gasteiger partial charge is 0.291 e. The zero-order valence-electron chi connectivity index (χ0n) is 12.2. The molecule has 0 amide bonds. The van der Waals surface area contributed by atoms with Gasteiger partial charge < -0.3 is 5.32 Å². The second-order valence-electron chi connectivity index (χ2n) is 5.50. The summed E-state index contributed by atoms with van der Waals surface area (Å²) in [6, 6.07) is 4.70. The third kappa shape index (κ3) is 3.79. The van der Waals surface area contributed by atoms with E-state index in [1.807, 2.05) is 6.92 Å². The van der Waals surface area contributed by atoms with Crippen LogP contribution in [0.5, 0.6) is 0 Å². The van der Waals surface area contributed by atoms with Crippen molar-refractivity contribution in [3.8, 4) is 0 Å². The highest BCUT2D eigenvalue weighted by molar-refractivity contribution is 7.90. The highest BCUT2D eigenvalue weighted by Gasteiger charge is 2.33. The Balaban J connectivity index is 2.41. The molecular formula is C14H20N2O4S. The van der Waals surface area contributed by atoms with Crippen LogP contribution in [-0.2, 0) is 16.3 Å². The summed E-state index contributed by atoms with van der Waals surface area (Å²) in [7, 11) is -3.62. The maximum Gasteiger partial charge on any atom is 0.291 e. The van der Waals surface area contributed by atoms with Gasteiger partial charge in [0.1, 0.15) is 4.90 Å². The van der Waals surface area contributed by atoms with Gasteiger partial charge in [-0.05, 0) is 37.8 Å². The Labute approximate surface area is 124 Å². The first-order valence-electron chi connectivity index (χ1n) is 7.04. The standard InChI is InChI=1S/C14H20N2O4S/c1-3-15-12(10-7-8-10)9-11-5-4-6-13(21(2,19)20)14(11)16(17)18/h4-6,10,12,15H,3,7-9H2,1-2H3. The molecule has 0 radical (unpaired) electrons. The number of nitro groups is 1. The fourth-order valence-electron chi connectivity index (χ4n) is 2.64. The van der Waals surface area contributed by atoms with Gasteiger partial charge in [0, 0.05) is 17.9 Å². The third-order valence-electron chi connectivity index (χ3n) is 3.76. The fraction of sp³-hybridized carbons (Fsp3) is 0.571. The molecule has 1 N–H and O–H groups in total. The highest BCUT2D eigenvalue weighted by Crippen LogP contribution is 2.36. The van der Waals surface area contributed by atoms with Crippen LogP contribution in [-0.4, -0.2) is 32.2 Å². The molecular weight excluding hydrogens is 292 g/mol. The van der Waals surface area contributed by atoms with Crippen molar-refractivity contribution in [2.45, 2.75) is 37.1 Å². The Kier molecular flexibility index (Phi) is 4.63. The van der Waals surface area contributed by atoms with Gasteiger partial charge >= 0.3 is 0 Å². The van der Waals surface area contributed by atoms with Crippen molar-refractivity contribution in [3.05, 3.63) is 33.9 Å². The maximum absolute atomic E-state index is 11.7. The largest absolute Gasteiger partial charge is 0.314 e. The van der Waals surface area contributed by atoms with Crippen molar-refractivity contribution in [1.82, 2.24) is 5.32 Å². The number of benzene rings is 1. The molecule has 0 saturated heterocycles. The van der Waals surface area contributed by atoms with E-state index in [9.17, 15) is 18.5 Å². The molecule has 0 bridgehead atoms.